The minimum atomic E-state index is -4.56. The second-order valence-electron chi connectivity index (χ2n) is 8.84. The fourth-order valence-electron chi connectivity index (χ4n) is 4.05. The minimum Gasteiger partial charge on any atom is -0.491 e. The van der Waals surface area contributed by atoms with Gasteiger partial charge in [0.2, 0.25) is 0 Å². The number of likely N-dealkylation sites (N-methyl/N-ethyl adjacent to an activating group) is 1. The summed E-state index contributed by atoms with van der Waals surface area (Å²) in [4.78, 5) is 6.40. The van der Waals surface area contributed by atoms with Gasteiger partial charge in [0, 0.05) is 41.6 Å². The van der Waals surface area contributed by atoms with Gasteiger partial charge in [0.1, 0.15) is 18.5 Å². The molecule has 1 heterocycles. The molecule has 3 aromatic carbocycles. The third kappa shape index (κ3) is 6.74. The number of hydrogen-bond acceptors (Lipinski definition) is 5. The van der Waals surface area contributed by atoms with Gasteiger partial charge in [-0.2, -0.15) is 13.2 Å². The minimum absolute atomic E-state index is 0.0205. The molecule has 0 unspecified atom stereocenters. The fourth-order valence-corrected chi connectivity index (χ4v) is 4.05. The molecule has 0 aliphatic heterocycles. The maximum Gasteiger partial charge on any atom is 0.416 e. The number of benzene rings is 3. The van der Waals surface area contributed by atoms with Crippen LogP contribution in [0, 0.1) is 6.92 Å². The van der Waals surface area contributed by atoms with Crippen LogP contribution in [0.3, 0.4) is 0 Å². The number of para-hydroxylation sites is 1. The molecular weight excluding hydrogens is 467 g/mol. The number of aliphatic hydroxyl groups excluding tert-OH is 1. The van der Waals surface area contributed by atoms with Crippen LogP contribution in [0.25, 0.3) is 10.9 Å². The van der Waals surface area contributed by atoms with Crippen molar-refractivity contribution >= 4 is 22.3 Å². The Labute approximate surface area is 208 Å². The molecule has 188 valence electrons. The third-order valence-corrected chi connectivity index (χ3v) is 5.62. The first-order chi connectivity index (χ1) is 17.2. The quantitative estimate of drug-likeness (QED) is 0.291. The zero-order valence-electron chi connectivity index (χ0n) is 20.1. The summed E-state index contributed by atoms with van der Waals surface area (Å²) in [5.74, 6) is 0.0205. The molecule has 8 heteroatoms. The predicted molar refractivity (Wildman–Crippen MR) is 135 cm³/mol. The average Bonchev–Trinajstić information content (AvgIpc) is 2.82. The first-order valence-electron chi connectivity index (χ1n) is 11.6. The van der Waals surface area contributed by atoms with Crippen molar-refractivity contribution in [2.45, 2.75) is 25.7 Å². The van der Waals surface area contributed by atoms with Gasteiger partial charge in [0.15, 0.2) is 0 Å². The largest absolute Gasteiger partial charge is 0.491 e. The number of nitrogens with zero attached hydrogens (tertiary/aromatic N) is 2. The first-order valence-corrected chi connectivity index (χ1v) is 11.6. The van der Waals surface area contributed by atoms with Gasteiger partial charge in [0.05, 0.1) is 11.1 Å². The van der Waals surface area contributed by atoms with Gasteiger partial charge in [-0.25, -0.2) is 0 Å². The van der Waals surface area contributed by atoms with Crippen molar-refractivity contribution in [3.05, 3.63) is 95.7 Å². The lowest BCUT2D eigenvalue weighted by Crippen LogP contribution is -2.32. The van der Waals surface area contributed by atoms with Gasteiger partial charge in [-0.15, -0.1) is 0 Å². The number of rotatable bonds is 9. The number of anilines is 2. The van der Waals surface area contributed by atoms with Crippen molar-refractivity contribution in [2.24, 2.45) is 0 Å². The molecule has 5 nitrogen and oxygen atoms in total. The Hall–Kier alpha value is -3.62. The number of ether oxygens (including phenoxy) is 1. The topological polar surface area (TPSA) is 57.6 Å². The summed E-state index contributed by atoms with van der Waals surface area (Å²) >= 11 is 0. The van der Waals surface area contributed by atoms with Crippen molar-refractivity contribution in [2.75, 3.05) is 25.5 Å². The Morgan fingerprint density at radius 3 is 2.47 bits per heavy atom. The highest BCUT2D eigenvalue weighted by atomic mass is 19.4. The number of hydrogen-bond donors (Lipinski definition) is 2. The highest BCUT2D eigenvalue weighted by Crippen LogP contribution is 2.36. The normalized spacial score (nSPS) is 12.6. The zero-order chi connectivity index (χ0) is 25.7. The van der Waals surface area contributed by atoms with E-state index in [1.54, 1.807) is 6.07 Å². The second-order valence-corrected chi connectivity index (χ2v) is 8.84. The van der Waals surface area contributed by atoms with Gasteiger partial charge in [0.25, 0.3) is 0 Å². The molecule has 2 N–H and O–H groups in total. The Kier molecular flexibility index (Phi) is 7.76. The van der Waals surface area contributed by atoms with Crippen LogP contribution in [-0.4, -0.2) is 41.3 Å². The number of aromatic nitrogens is 1. The van der Waals surface area contributed by atoms with Crippen molar-refractivity contribution in [3.63, 3.8) is 0 Å². The number of aliphatic hydroxyl groups is 1. The van der Waals surface area contributed by atoms with E-state index in [9.17, 15) is 18.3 Å². The van der Waals surface area contributed by atoms with Crippen LogP contribution in [0.5, 0.6) is 5.75 Å². The van der Waals surface area contributed by atoms with Crippen LogP contribution in [0.15, 0.2) is 78.9 Å². The highest BCUT2D eigenvalue weighted by molar-refractivity contribution is 5.93. The molecule has 4 aromatic rings. The molecule has 36 heavy (non-hydrogen) atoms. The predicted octanol–water partition coefficient (Wildman–Crippen LogP) is 6.18. The highest BCUT2D eigenvalue weighted by Gasteiger charge is 2.31. The number of aryl methyl sites for hydroxylation is 1. The van der Waals surface area contributed by atoms with E-state index in [4.69, 9.17) is 4.74 Å². The number of pyridine rings is 1. The zero-order valence-corrected chi connectivity index (χ0v) is 20.1. The smallest absolute Gasteiger partial charge is 0.416 e. The van der Waals surface area contributed by atoms with Gasteiger partial charge < -0.3 is 15.2 Å². The molecule has 0 saturated heterocycles. The Morgan fingerprint density at radius 1 is 1.00 bits per heavy atom. The molecular formula is C28H28F3N3O2. The van der Waals surface area contributed by atoms with Crippen LogP contribution in [0.2, 0.25) is 0 Å². The van der Waals surface area contributed by atoms with Crippen molar-refractivity contribution in [3.8, 4) is 5.75 Å². The molecule has 1 aromatic heterocycles. The van der Waals surface area contributed by atoms with Crippen molar-refractivity contribution < 1.29 is 23.0 Å². The van der Waals surface area contributed by atoms with E-state index in [0.717, 1.165) is 34.3 Å². The Morgan fingerprint density at radius 2 is 1.72 bits per heavy atom. The number of halogens is 3. The molecule has 0 saturated carbocycles. The standard InChI is InChI=1S/C28H28F3N3O2/c1-19-12-27(25-10-6-7-11-26(25)32-19)33-22-13-21(28(29,30)31)14-24(15-22)36-18-23(35)17-34(2)16-20-8-4-3-5-9-20/h3-15,23,35H,16-18H2,1-2H3,(H,32,33)/t23-/m0/s1. The van der Waals surface area contributed by atoms with Crippen LogP contribution in [0.4, 0.5) is 24.5 Å². The number of fused-ring (bicyclic) bond motifs is 1. The van der Waals surface area contributed by atoms with Crippen molar-refractivity contribution in [1.29, 1.82) is 0 Å². The Balaban J connectivity index is 1.49. The lowest BCUT2D eigenvalue weighted by molar-refractivity contribution is -0.137. The molecule has 0 fully saturated rings. The number of nitrogens with one attached hydrogen (secondary N) is 1. The lowest BCUT2D eigenvalue weighted by Gasteiger charge is -2.21. The lowest BCUT2D eigenvalue weighted by atomic mass is 10.1. The molecule has 0 aliphatic carbocycles. The molecule has 0 amide bonds. The van der Waals surface area contributed by atoms with Gasteiger partial charge in [-0.1, -0.05) is 48.5 Å². The second kappa shape index (κ2) is 11.0. The molecule has 0 spiro atoms. The van der Waals surface area contributed by atoms with Crippen LogP contribution >= 0.6 is 0 Å². The summed E-state index contributed by atoms with van der Waals surface area (Å²) in [6, 6.07) is 22.5. The van der Waals surface area contributed by atoms with E-state index in [2.05, 4.69) is 10.3 Å². The summed E-state index contributed by atoms with van der Waals surface area (Å²) in [7, 11) is 1.86. The van der Waals surface area contributed by atoms with E-state index in [-0.39, 0.29) is 18.0 Å². The first kappa shape index (κ1) is 25.5. The summed E-state index contributed by atoms with van der Waals surface area (Å²) in [5, 5.41) is 14.3. The van der Waals surface area contributed by atoms with Crippen LogP contribution < -0.4 is 10.1 Å². The van der Waals surface area contributed by atoms with Gasteiger partial charge >= 0.3 is 6.18 Å². The number of alkyl halides is 3. The molecule has 0 radical (unpaired) electrons. The molecule has 4 rings (SSSR count). The summed E-state index contributed by atoms with van der Waals surface area (Å²) in [5.41, 5.74) is 2.61. The summed E-state index contributed by atoms with van der Waals surface area (Å²) < 4.78 is 46.5. The third-order valence-electron chi connectivity index (χ3n) is 5.62. The fraction of sp³-hybridized carbons (Fsp3) is 0.250. The Bertz CT molecular complexity index is 1310. The van der Waals surface area contributed by atoms with Crippen LogP contribution in [0.1, 0.15) is 16.8 Å². The van der Waals surface area contributed by atoms with Crippen molar-refractivity contribution in [1.82, 2.24) is 9.88 Å². The molecule has 0 aliphatic rings. The van der Waals surface area contributed by atoms with E-state index in [1.165, 1.54) is 6.07 Å². The summed E-state index contributed by atoms with van der Waals surface area (Å²) in [6.45, 7) is 2.63. The average molecular weight is 496 g/mol. The SMILES string of the molecule is Cc1cc(Nc2cc(OC[C@@H](O)CN(C)Cc3ccccc3)cc(C(F)(F)F)c2)c2ccccc2n1. The van der Waals surface area contributed by atoms with E-state index < -0.39 is 17.8 Å². The van der Waals surface area contributed by atoms with E-state index >= 15 is 0 Å². The molecule has 1 atom stereocenters. The van der Waals surface area contributed by atoms with Gasteiger partial charge in [-0.05, 0) is 43.8 Å². The monoisotopic (exact) mass is 495 g/mol. The van der Waals surface area contributed by atoms with Crippen LogP contribution in [-0.2, 0) is 12.7 Å². The van der Waals surface area contributed by atoms with Gasteiger partial charge in [-0.3, -0.25) is 9.88 Å². The van der Waals surface area contributed by atoms with E-state index in [0.29, 0.717) is 18.8 Å². The maximum absolute atomic E-state index is 13.6. The molecule has 0 bridgehead atoms. The maximum atomic E-state index is 13.6. The summed E-state index contributed by atoms with van der Waals surface area (Å²) in [6.07, 6.45) is -5.43. The van der Waals surface area contributed by atoms with E-state index in [1.807, 2.05) is 73.5 Å².